The summed E-state index contributed by atoms with van der Waals surface area (Å²) in [4.78, 5) is 26.3. The number of amides is 1. The van der Waals surface area contributed by atoms with E-state index in [1.54, 1.807) is 42.6 Å². The zero-order valence-corrected chi connectivity index (χ0v) is 10.5. The molecule has 0 aliphatic rings. The largest absolute Gasteiger partial charge is 0.478 e. The Morgan fingerprint density at radius 2 is 2.05 bits per heavy atom. The van der Waals surface area contributed by atoms with Crippen LogP contribution in [0.3, 0.4) is 0 Å². The van der Waals surface area contributed by atoms with Gasteiger partial charge in [-0.25, -0.2) is 4.79 Å². The van der Waals surface area contributed by atoms with E-state index in [9.17, 15) is 9.59 Å². The lowest BCUT2D eigenvalue weighted by molar-refractivity contribution is -0.131. The minimum Gasteiger partial charge on any atom is -0.478 e. The van der Waals surface area contributed by atoms with Gasteiger partial charge in [0.05, 0.1) is 5.56 Å². The maximum absolute atomic E-state index is 11.9. The lowest BCUT2D eigenvalue weighted by Crippen LogP contribution is -2.11. The third-order valence-corrected chi connectivity index (χ3v) is 2.49. The van der Waals surface area contributed by atoms with Crippen LogP contribution in [0.2, 0.25) is 0 Å². The fourth-order valence-electron chi connectivity index (χ4n) is 1.59. The number of carbonyl (C=O) groups excluding carboxylic acids is 1. The maximum atomic E-state index is 11.9. The van der Waals surface area contributed by atoms with Crippen LogP contribution in [0, 0.1) is 0 Å². The number of aliphatic carboxylic acids is 1. The Hall–Kier alpha value is -2.95. The second kappa shape index (κ2) is 6.29. The number of pyridine rings is 1. The van der Waals surface area contributed by atoms with Gasteiger partial charge < -0.3 is 10.4 Å². The van der Waals surface area contributed by atoms with Crippen molar-refractivity contribution in [3.8, 4) is 0 Å². The highest BCUT2D eigenvalue weighted by molar-refractivity contribution is 6.04. The molecule has 0 fully saturated rings. The summed E-state index contributed by atoms with van der Waals surface area (Å²) in [5.41, 5.74) is 1.74. The summed E-state index contributed by atoms with van der Waals surface area (Å²) in [7, 11) is 0. The Balaban J connectivity index is 2.12. The van der Waals surface area contributed by atoms with Gasteiger partial charge in [-0.3, -0.25) is 9.78 Å². The molecule has 5 heteroatoms. The number of carboxylic acids is 1. The quantitative estimate of drug-likeness (QED) is 0.835. The van der Waals surface area contributed by atoms with E-state index in [1.807, 2.05) is 0 Å². The van der Waals surface area contributed by atoms with Crippen LogP contribution < -0.4 is 5.32 Å². The van der Waals surface area contributed by atoms with Gasteiger partial charge in [-0.15, -0.1) is 0 Å². The Morgan fingerprint density at radius 3 is 2.75 bits per heavy atom. The van der Waals surface area contributed by atoms with E-state index >= 15 is 0 Å². The van der Waals surface area contributed by atoms with Crippen molar-refractivity contribution in [1.82, 2.24) is 4.98 Å². The van der Waals surface area contributed by atoms with Crippen molar-refractivity contribution in [2.24, 2.45) is 0 Å². The third kappa shape index (κ3) is 3.78. The molecule has 0 radical (unpaired) electrons. The number of rotatable bonds is 4. The first kappa shape index (κ1) is 13.5. The van der Waals surface area contributed by atoms with Crippen LogP contribution in [0.5, 0.6) is 0 Å². The van der Waals surface area contributed by atoms with E-state index in [0.29, 0.717) is 16.8 Å². The van der Waals surface area contributed by atoms with E-state index in [-0.39, 0.29) is 5.91 Å². The molecule has 1 heterocycles. The molecule has 1 amide bonds. The van der Waals surface area contributed by atoms with Crippen molar-refractivity contribution in [2.75, 3.05) is 5.32 Å². The van der Waals surface area contributed by atoms with Crippen molar-refractivity contribution in [3.05, 3.63) is 66.0 Å². The minimum absolute atomic E-state index is 0.266. The summed E-state index contributed by atoms with van der Waals surface area (Å²) in [6, 6.07) is 10.2. The molecule has 20 heavy (non-hydrogen) atoms. The minimum atomic E-state index is -1.02. The smallest absolute Gasteiger partial charge is 0.328 e. The first-order valence-corrected chi connectivity index (χ1v) is 5.87. The highest BCUT2D eigenvalue weighted by atomic mass is 16.4. The molecule has 0 aliphatic carbocycles. The first-order chi connectivity index (χ1) is 9.65. The second-order valence-electron chi connectivity index (χ2n) is 3.99. The Morgan fingerprint density at radius 1 is 1.20 bits per heavy atom. The molecule has 0 saturated heterocycles. The predicted molar refractivity (Wildman–Crippen MR) is 75.3 cm³/mol. The number of carboxylic acid groups (broad SMARTS) is 1. The average Bonchev–Trinajstić information content (AvgIpc) is 2.46. The van der Waals surface area contributed by atoms with E-state index in [4.69, 9.17) is 5.11 Å². The Kier molecular flexibility index (Phi) is 4.24. The summed E-state index contributed by atoms with van der Waals surface area (Å²) >= 11 is 0. The number of carbonyl (C=O) groups is 2. The SMILES string of the molecule is O=C(O)C=Cc1cccc(NC(=O)c2cccnc2)c1. The van der Waals surface area contributed by atoms with Gasteiger partial charge in [-0.05, 0) is 35.9 Å². The van der Waals surface area contributed by atoms with Crippen molar-refractivity contribution in [1.29, 1.82) is 0 Å². The molecule has 1 aromatic heterocycles. The zero-order valence-electron chi connectivity index (χ0n) is 10.5. The van der Waals surface area contributed by atoms with Gasteiger partial charge in [0.2, 0.25) is 0 Å². The zero-order chi connectivity index (χ0) is 14.4. The molecular formula is C15H12N2O3. The highest BCUT2D eigenvalue weighted by Crippen LogP contribution is 2.13. The van der Waals surface area contributed by atoms with Gasteiger partial charge in [0, 0.05) is 24.2 Å². The number of hydrogen-bond donors (Lipinski definition) is 2. The van der Waals surface area contributed by atoms with Gasteiger partial charge in [-0.2, -0.15) is 0 Å². The van der Waals surface area contributed by atoms with Crippen LogP contribution >= 0.6 is 0 Å². The van der Waals surface area contributed by atoms with Gasteiger partial charge in [0.1, 0.15) is 0 Å². The molecule has 5 nitrogen and oxygen atoms in total. The molecule has 0 aliphatic heterocycles. The monoisotopic (exact) mass is 268 g/mol. The molecule has 0 saturated carbocycles. The summed E-state index contributed by atoms with van der Waals surface area (Å²) in [6.07, 6.45) is 5.57. The standard InChI is InChI=1S/C15H12N2O3/c18-14(19)7-6-11-3-1-5-13(9-11)17-15(20)12-4-2-8-16-10-12/h1-10H,(H,17,20)(H,18,19). The van der Waals surface area contributed by atoms with Gasteiger partial charge in [0.15, 0.2) is 0 Å². The lowest BCUT2D eigenvalue weighted by Gasteiger charge is -2.05. The number of hydrogen-bond acceptors (Lipinski definition) is 3. The van der Waals surface area contributed by atoms with E-state index < -0.39 is 5.97 Å². The molecular weight excluding hydrogens is 256 g/mol. The molecule has 2 N–H and O–H groups in total. The molecule has 2 aromatic rings. The normalized spacial score (nSPS) is 10.4. The van der Waals surface area contributed by atoms with Crippen LogP contribution in [0.25, 0.3) is 6.08 Å². The first-order valence-electron chi connectivity index (χ1n) is 5.87. The number of nitrogens with one attached hydrogen (secondary N) is 1. The fourth-order valence-corrected chi connectivity index (χ4v) is 1.59. The molecule has 0 unspecified atom stereocenters. The molecule has 0 atom stereocenters. The third-order valence-electron chi connectivity index (χ3n) is 2.49. The summed E-state index contributed by atoms with van der Waals surface area (Å²) < 4.78 is 0. The molecule has 0 bridgehead atoms. The Labute approximate surface area is 115 Å². The predicted octanol–water partition coefficient (Wildman–Crippen LogP) is 2.43. The molecule has 0 spiro atoms. The van der Waals surface area contributed by atoms with Crippen molar-refractivity contribution < 1.29 is 14.7 Å². The summed E-state index contributed by atoms with van der Waals surface area (Å²) in [6.45, 7) is 0. The van der Waals surface area contributed by atoms with Crippen LogP contribution in [0.1, 0.15) is 15.9 Å². The van der Waals surface area contributed by atoms with Gasteiger partial charge in [-0.1, -0.05) is 12.1 Å². The topological polar surface area (TPSA) is 79.3 Å². The van der Waals surface area contributed by atoms with Crippen molar-refractivity contribution in [2.45, 2.75) is 0 Å². The van der Waals surface area contributed by atoms with Crippen LogP contribution in [-0.2, 0) is 4.79 Å². The summed E-state index contributed by atoms with van der Waals surface area (Å²) in [5.74, 6) is -1.28. The highest BCUT2D eigenvalue weighted by Gasteiger charge is 2.05. The summed E-state index contributed by atoms with van der Waals surface area (Å²) in [5, 5.41) is 11.3. The van der Waals surface area contributed by atoms with E-state index in [0.717, 1.165) is 6.08 Å². The van der Waals surface area contributed by atoms with Gasteiger partial charge in [0.25, 0.3) is 5.91 Å². The van der Waals surface area contributed by atoms with E-state index in [1.165, 1.54) is 12.3 Å². The molecule has 100 valence electrons. The number of anilines is 1. The number of benzene rings is 1. The van der Waals surface area contributed by atoms with Crippen LogP contribution in [0.4, 0.5) is 5.69 Å². The maximum Gasteiger partial charge on any atom is 0.328 e. The average molecular weight is 268 g/mol. The number of aromatic nitrogens is 1. The second-order valence-corrected chi connectivity index (χ2v) is 3.99. The van der Waals surface area contributed by atoms with Crippen molar-refractivity contribution >= 4 is 23.6 Å². The Bertz CT molecular complexity index is 651. The molecule has 1 aromatic carbocycles. The van der Waals surface area contributed by atoms with Crippen LogP contribution in [0.15, 0.2) is 54.9 Å². The lowest BCUT2D eigenvalue weighted by atomic mass is 10.2. The van der Waals surface area contributed by atoms with Crippen LogP contribution in [-0.4, -0.2) is 22.0 Å². The molecule has 2 rings (SSSR count). The van der Waals surface area contributed by atoms with E-state index in [2.05, 4.69) is 10.3 Å². The van der Waals surface area contributed by atoms with Gasteiger partial charge >= 0.3 is 5.97 Å². The van der Waals surface area contributed by atoms with Crippen molar-refractivity contribution in [3.63, 3.8) is 0 Å². The number of nitrogens with zero attached hydrogens (tertiary/aromatic N) is 1. The fraction of sp³-hybridized carbons (Fsp3) is 0.